The molecule has 0 radical (unpaired) electrons. The predicted octanol–water partition coefficient (Wildman–Crippen LogP) is 5.67. The van der Waals surface area contributed by atoms with E-state index >= 15 is 0 Å². The summed E-state index contributed by atoms with van der Waals surface area (Å²) in [5.74, 6) is 0.482. The molecule has 5 nitrogen and oxygen atoms in total. The van der Waals surface area contributed by atoms with Gasteiger partial charge in [-0.05, 0) is 50.8 Å². The average molecular weight is 440 g/mol. The van der Waals surface area contributed by atoms with Gasteiger partial charge in [0.1, 0.15) is 11.3 Å². The summed E-state index contributed by atoms with van der Waals surface area (Å²) in [7, 11) is 0. The second-order valence-corrected chi connectivity index (χ2v) is 8.37. The maximum atomic E-state index is 13.0. The number of piperidine rings is 1. The lowest BCUT2D eigenvalue weighted by molar-refractivity contribution is -0.141. The molecule has 1 aliphatic rings. The first-order chi connectivity index (χ1) is 15.0. The first kappa shape index (κ1) is 21.4. The van der Waals surface area contributed by atoms with E-state index in [1.807, 2.05) is 29.2 Å². The minimum absolute atomic E-state index is 0.00193. The first-order valence-corrected chi connectivity index (χ1v) is 11.2. The first-order valence-electron chi connectivity index (χ1n) is 10.8. The van der Waals surface area contributed by atoms with Gasteiger partial charge in [-0.25, -0.2) is 4.79 Å². The van der Waals surface area contributed by atoms with Gasteiger partial charge in [0.25, 0.3) is 5.91 Å². The topological polar surface area (TPSA) is 59.8 Å². The zero-order valence-electron chi connectivity index (χ0n) is 17.8. The maximum absolute atomic E-state index is 13.0. The minimum Gasteiger partial charge on any atom is -0.481 e. The molecule has 1 aromatic heterocycles. The van der Waals surface area contributed by atoms with E-state index < -0.39 is 11.7 Å². The van der Waals surface area contributed by atoms with Gasteiger partial charge >= 0.3 is 5.63 Å². The minimum atomic E-state index is -0.622. The summed E-state index contributed by atoms with van der Waals surface area (Å²) in [6, 6.07) is 14.4. The van der Waals surface area contributed by atoms with Crippen LogP contribution < -0.4 is 10.4 Å². The maximum Gasteiger partial charge on any atom is 0.336 e. The third kappa shape index (κ3) is 4.47. The van der Waals surface area contributed by atoms with Crippen molar-refractivity contribution in [3.63, 3.8) is 0 Å². The molecule has 0 spiro atoms. The third-order valence-corrected chi connectivity index (χ3v) is 6.25. The highest BCUT2D eigenvalue weighted by Gasteiger charge is 2.29. The van der Waals surface area contributed by atoms with Crippen molar-refractivity contribution in [3.8, 4) is 16.9 Å². The van der Waals surface area contributed by atoms with E-state index in [2.05, 4.69) is 6.92 Å². The summed E-state index contributed by atoms with van der Waals surface area (Å²) in [6.07, 6.45) is 3.56. The summed E-state index contributed by atoms with van der Waals surface area (Å²) < 4.78 is 11.4. The van der Waals surface area contributed by atoms with Gasteiger partial charge in [0.2, 0.25) is 0 Å². The lowest BCUT2D eigenvalue weighted by atomic mass is 9.99. The zero-order valence-corrected chi connectivity index (χ0v) is 18.5. The number of ether oxygens (including phenoxy) is 1. The molecule has 0 saturated carbocycles. The summed E-state index contributed by atoms with van der Waals surface area (Å²) in [5, 5.41) is 1.31. The van der Waals surface area contributed by atoms with Gasteiger partial charge in [-0.15, -0.1) is 0 Å². The smallest absolute Gasteiger partial charge is 0.336 e. The molecule has 4 rings (SSSR count). The van der Waals surface area contributed by atoms with Crippen molar-refractivity contribution in [2.75, 3.05) is 6.54 Å². The molecule has 0 bridgehead atoms. The van der Waals surface area contributed by atoms with Crippen molar-refractivity contribution in [3.05, 3.63) is 64.0 Å². The van der Waals surface area contributed by atoms with E-state index in [0.717, 1.165) is 43.2 Å². The number of carbonyl (C=O) groups is 1. The Morgan fingerprint density at radius 2 is 2.00 bits per heavy atom. The van der Waals surface area contributed by atoms with E-state index in [1.165, 1.54) is 6.07 Å². The molecule has 0 N–H and O–H groups in total. The second-order valence-electron chi connectivity index (χ2n) is 7.97. The van der Waals surface area contributed by atoms with Crippen LogP contribution in [0.3, 0.4) is 0 Å². The lowest BCUT2D eigenvalue weighted by Crippen LogP contribution is -2.48. The highest BCUT2D eigenvalue weighted by molar-refractivity contribution is 6.33. The highest BCUT2D eigenvalue weighted by atomic mass is 35.5. The van der Waals surface area contributed by atoms with Crippen LogP contribution in [0, 0.1) is 0 Å². The van der Waals surface area contributed by atoms with Crippen LogP contribution in [0.5, 0.6) is 5.75 Å². The van der Waals surface area contributed by atoms with Crippen LogP contribution in [-0.2, 0) is 4.79 Å². The van der Waals surface area contributed by atoms with Crippen molar-refractivity contribution >= 4 is 28.5 Å². The van der Waals surface area contributed by atoms with Gasteiger partial charge in [0.15, 0.2) is 6.10 Å². The Bertz CT molecular complexity index is 1160. The van der Waals surface area contributed by atoms with Crippen LogP contribution in [0.25, 0.3) is 22.1 Å². The standard InChI is InChI=1S/C25H26ClNO4/c1-3-17-8-6-7-13-27(17)25(29)16(2)30-18-11-12-20-21(15-24(28)31-23(20)14-18)19-9-4-5-10-22(19)26/h4-5,9-12,14-17H,3,6-8,13H2,1-2H3. The van der Waals surface area contributed by atoms with Gasteiger partial charge in [-0.2, -0.15) is 0 Å². The second kappa shape index (κ2) is 9.15. The number of halogens is 1. The van der Waals surface area contributed by atoms with Crippen LogP contribution in [0.15, 0.2) is 57.7 Å². The number of carbonyl (C=O) groups excluding carboxylic acids is 1. The van der Waals surface area contributed by atoms with Crippen molar-refractivity contribution in [1.29, 1.82) is 0 Å². The predicted molar refractivity (Wildman–Crippen MR) is 123 cm³/mol. The van der Waals surface area contributed by atoms with Gasteiger partial charge in [-0.3, -0.25) is 4.79 Å². The molecule has 2 atom stereocenters. The Morgan fingerprint density at radius 3 is 2.77 bits per heavy atom. The summed E-state index contributed by atoms with van der Waals surface area (Å²) in [5.41, 5.74) is 1.38. The molecular formula is C25H26ClNO4. The fraction of sp³-hybridized carbons (Fsp3) is 0.360. The average Bonchev–Trinajstić information content (AvgIpc) is 2.78. The molecule has 3 aromatic rings. The number of nitrogens with zero attached hydrogens (tertiary/aromatic N) is 1. The largest absolute Gasteiger partial charge is 0.481 e. The Labute approximate surface area is 186 Å². The quantitative estimate of drug-likeness (QED) is 0.480. The van der Waals surface area contributed by atoms with Gasteiger partial charge < -0.3 is 14.1 Å². The number of hydrogen-bond donors (Lipinski definition) is 0. The fourth-order valence-electron chi connectivity index (χ4n) is 4.32. The monoisotopic (exact) mass is 439 g/mol. The van der Waals surface area contributed by atoms with Crippen molar-refractivity contribution < 1.29 is 13.9 Å². The lowest BCUT2D eigenvalue weighted by Gasteiger charge is -2.36. The number of amides is 1. The highest BCUT2D eigenvalue weighted by Crippen LogP contribution is 2.34. The zero-order chi connectivity index (χ0) is 22.0. The van der Waals surface area contributed by atoms with Crippen molar-refractivity contribution in [2.45, 2.75) is 51.7 Å². The number of rotatable bonds is 5. The fourth-order valence-corrected chi connectivity index (χ4v) is 4.56. The molecular weight excluding hydrogens is 414 g/mol. The number of hydrogen-bond acceptors (Lipinski definition) is 4. The molecule has 6 heteroatoms. The summed E-state index contributed by atoms with van der Waals surface area (Å²) >= 11 is 6.34. The molecule has 2 heterocycles. The van der Waals surface area contributed by atoms with Crippen LogP contribution >= 0.6 is 11.6 Å². The van der Waals surface area contributed by atoms with Crippen LogP contribution in [-0.4, -0.2) is 29.5 Å². The molecule has 31 heavy (non-hydrogen) atoms. The number of benzene rings is 2. The van der Waals surface area contributed by atoms with E-state index in [1.54, 1.807) is 25.1 Å². The molecule has 1 saturated heterocycles. The molecule has 1 fully saturated rings. The molecule has 0 aliphatic carbocycles. The molecule has 1 amide bonds. The van der Waals surface area contributed by atoms with Crippen molar-refractivity contribution in [2.24, 2.45) is 0 Å². The van der Waals surface area contributed by atoms with E-state index in [-0.39, 0.29) is 11.9 Å². The molecule has 1 aliphatic heterocycles. The summed E-state index contributed by atoms with van der Waals surface area (Å²) in [4.78, 5) is 27.1. The van der Waals surface area contributed by atoms with Gasteiger partial charge in [0, 0.05) is 46.3 Å². The summed E-state index contributed by atoms with van der Waals surface area (Å²) in [6.45, 7) is 4.66. The van der Waals surface area contributed by atoms with E-state index in [4.69, 9.17) is 20.8 Å². The third-order valence-electron chi connectivity index (χ3n) is 5.92. The van der Waals surface area contributed by atoms with Crippen molar-refractivity contribution in [1.82, 2.24) is 4.90 Å². The van der Waals surface area contributed by atoms with E-state index in [9.17, 15) is 9.59 Å². The Balaban J connectivity index is 1.62. The van der Waals surface area contributed by atoms with Gasteiger partial charge in [-0.1, -0.05) is 36.7 Å². The Morgan fingerprint density at radius 1 is 1.19 bits per heavy atom. The van der Waals surface area contributed by atoms with Crippen LogP contribution in [0.4, 0.5) is 0 Å². The Kier molecular flexibility index (Phi) is 6.33. The van der Waals surface area contributed by atoms with Crippen LogP contribution in [0.1, 0.15) is 39.5 Å². The van der Waals surface area contributed by atoms with Crippen LogP contribution in [0.2, 0.25) is 5.02 Å². The molecule has 2 unspecified atom stereocenters. The van der Waals surface area contributed by atoms with Gasteiger partial charge in [0.05, 0.1) is 0 Å². The molecule has 162 valence electrons. The number of fused-ring (bicyclic) bond motifs is 1. The Hall–Kier alpha value is -2.79. The number of likely N-dealkylation sites (tertiary alicyclic amines) is 1. The van der Waals surface area contributed by atoms with E-state index in [0.29, 0.717) is 21.9 Å². The molecule has 2 aromatic carbocycles. The SMILES string of the molecule is CCC1CCCCN1C(=O)C(C)Oc1ccc2c(-c3ccccc3Cl)cc(=O)oc2c1. The normalized spacial score (nSPS) is 17.5.